The number of hydrogen-bond acceptors (Lipinski definition) is 3. The minimum Gasteiger partial charge on any atom is -0.507 e. The molecule has 0 aromatic heterocycles. The van der Waals surface area contributed by atoms with Crippen LogP contribution >= 0.6 is 0 Å². The average molecular weight is 261 g/mol. The predicted octanol–water partition coefficient (Wildman–Crippen LogP) is 3.47. The van der Waals surface area contributed by atoms with Crippen molar-refractivity contribution in [2.24, 2.45) is 11.3 Å². The Morgan fingerprint density at radius 3 is 2.53 bits per heavy atom. The van der Waals surface area contributed by atoms with Gasteiger partial charge in [-0.05, 0) is 36.8 Å². The second-order valence-corrected chi connectivity index (χ2v) is 6.56. The molecular weight excluding hydrogens is 238 g/mol. The first-order valence-electron chi connectivity index (χ1n) is 6.88. The monoisotopic (exact) mass is 261 g/mol. The van der Waals surface area contributed by atoms with E-state index in [4.69, 9.17) is 0 Å². The first-order valence-corrected chi connectivity index (χ1v) is 6.88. The van der Waals surface area contributed by atoms with Gasteiger partial charge in [-0.1, -0.05) is 20.8 Å². The molecular formula is C16H23NO2. The van der Waals surface area contributed by atoms with Crippen molar-refractivity contribution in [2.45, 2.75) is 34.1 Å². The summed E-state index contributed by atoms with van der Waals surface area (Å²) in [7, 11) is 0. The highest BCUT2D eigenvalue weighted by molar-refractivity contribution is 5.97. The first-order chi connectivity index (χ1) is 8.79. The van der Waals surface area contributed by atoms with Crippen molar-refractivity contribution in [2.75, 3.05) is 18.0 Å². The summed E-state index contributed by atoms with van der Waals surface area (Å²) in [6, 6.07) is 5.36. The van der Waals surface area contributed by atoms with E-state index in [1.54, 1.807) is 12.1 Å². The normalized spacial score (nSPS) is 19.8. The molecule has 0 radical (unpaired) electrons. The summed E-state index contributed by atoms with van der Waals surface area (Å²) in [6.45, 7) is 10.3. The summed E-state index contributed by atoms with van der Waals surface area (Å²) < 4.78 is 0. The Balaban J connectivity index is 2.16. The van der Waals surface area contributed by atoms with Crippen LogP contribution in [0, 0.1) is 11.3 Å². The molecule has 1 aliphatic rings. The van der Waals surface area contributed by atoms with Gasteiger partial charge in [-0.2, -0.15) is 0 Å². The van der Waals surface area contributed by atoms with Crippen LogP contribution in [-0.2, 0) is 0 Å². The third-order valence-electron chi connectivity index (χ3n) is 4.14. The number of anilines is 1. The molecule has 0 bridgehead atoms. The van der Waals surface area contributed by atoms with Crippen LogP contribution in [0.25, 0.3) is 0 Å². The van der Waals surface area contributed by atoms with Crippen LogP contribution < -0.4 is 4.90 Å². The van der Waals surface area contributed by atoms with E-state index in [9.17, 15) is 9.90 Å². The van der Waals surface area contributed by atoms with Crippen molar-refractivity contribution >= 4 is 11.5 Å². The average Bonchev–Trinajstić information content (AvgIpc) is 2.76. The van der Waals surface area contributed by atoms with Gasteiger partial charge >= 0.3 is 0 Å². The van der Waals surface area contributed by atoms with Crippen LogP contribution in [-0.4, -0.2) is 24.0 Å². The van der Waals surface area contributed by atoms with E-state index in [-0.39, 0.29) is 11.5 Å². The highest BCUT2D eigenvalue weighted by atomic mass is 16.3. The Morgan fingerprint density at radius 2 is 2.05 bits per heavy atom. The molecule has 1 atom stereocenters. The molecule has 1 heterocycles. The smallest absolute Gasteiger partial charge is 0.163 e. The molecule has 1 aliphatic heterocycles. The summed E-state index contributed by atoms with van der Waals surface area (Å²) in [5, 5.41) is 9.90. The standard InChI is InChI=1S/C16H23NO2/c1-11(18)14-6-5-13(9-15(14)19)17-8-7-12(10-17)16(2,3)4/h5-6,9,12,19H,7-8,10H2,1-4H3. The van der Waals surface area contributed by atoms with Crippen molar-refractivity contribution in [3.8, 4) is 5.75 Å². The van der Waals surface area contributed by atoms with Crippen LogP contribution in [0.3, 0.4) is 0 Å². The number of nitrogens with zero attached hydrogens (tertiary/aromatic N) is 1. The van der Waals surface area contributed by atoms with Crippen molar-refractivity contribution < 1.29 is 9.90 Å². The summed E-state index contributed by atoms with van der Waals surface area (Å²) in [4.78, 5) is 13.6. The molecule has 0 saturated carbocycles. The molecule has 0 aliphatic carbocycles. The molecule has 2 rings (SSSR count). The molecule has 0 spiro atoms. The third-order valence-corrected chi connectivity index (χ3v) is 4.14. The fourth-order valence-corrected chi connectivity index (χ4v) is 2.72. The van der Waals surface area contributed by atoms with E-state index < -0.39 is 0 Å². The van der Waals surface area contributed by atoms with Crippen molar-refractivity contribution in [1.29, 1.82) is 0 Å². The van der Waals surface area contributed by atoms with Crippen molar-refractivity contribution in [1.82, 2.24) is 0 Å². The van der Waals surface area contributed by atoms with Crippen LogP contribution in [0.5, 0.6) is 5.75 Å². The number of phenols is 1. The minimum atomic E-state index is -0.0990. The van der Waals surface area contributed by atoms with E-state index in [1.165, 1.54) is 13.3 Å². The fourth-order valence-electron chi connectivity index (χ4n) is 2.72. The number of phenolic OH excluding ortho intramolecular Hbond substituents is 1. The van der Waals surface area contributed by atoms with E-state index >= 15 is 0 Å². The Morgan fingerprint density at radius 1 is 1.37 bits per heavy atom. The number of Topliss-reactive ketones (excluding diaryl/α,β-unsaturated/α-hetero) is 1. The summed E-state index contributed by atoms with van der Waals surface area (Å²) in [5.41, 5.74) is 1.72. The maximum absolute atomic E-state index is 11.3. The molecule has 1 saturated heterocycles. The van der Waals surface area contributed by atoms with E-state index in [0.717, 1.165) is 18.8 Å². The van der Waals surface area contributed by atoms with Gasteiger partial charge in [0.1, 0.15) is 5.75 Å². The predicted molar refractivity (Wildman–Crippen MR) is 77.9 cm³/mol. The molecule has 3 nitrogen and oxygen atoms in total. The molecule has 1 fully saturated rings. The topological polar surface area (TPSA) is 40.5 Å². The van der Waals surface area contributed by atoms with Gasteiger partial charge in [-0.15, -0.1) is 0 Å². The van der Waals surface area contributed by atoms with Gasteiger partial charge in [0.15, 0.2) is 5.78 Å². The van der Waals surface area contributed by atoms with Crippen molar-refractivity contribution in [3.05, 3.63) is 23.8 Å². The second-order valence-electron chi connectivity index (χ2n) is 6.56. The zero-order valence-electron chi connectivity index (χ0n) is 12.2. The second kappa shape index (κ2) is 4.87. The number of aromatic hydroxyl groups is 1. The van der Waals surface area contributed by atoms with E-state index in [0.29, 0.717) is 16.9 Å². The highest BCUT2D eigenvalue weighted by Gasteiger charge is 2.32. The van der Waals surface area contributed by atoms with Gasteiger partial charge in [0.2, 0.25) is 0 Å². The lowest BCUT2D eigenvalue weighted by Crippen LogP contribution is -2.25. The lowest BCUT2D eigenvalue weighted by Gasteiger charge is -2.27. The van der Waals surface area contributed by atoms with Crippen molar-refractivity contribution in [3.63, 3.8) is 0 Å². The zero-order chi connectivity index (χ0) is 14.2. The number of hydrogen-bond donors (Lipinski definition) is 1. The Bertz CT molecular complexity index is 488. The first kappa shape index (κ1) is 13.9. The highest BCUT2D eigenvalue weighted by Crippen LogP contribution is 2.36. The molecule has 0 amide bonds. The Kier molecular flexibility index (Phi) is 3.57. The maximum Gasteiger partial charge on any atom is 0.163 e. The quantitative estimate of drug-likeness (QED) is 0.829. The van der Waals surface area contributed by atoms with Gasteiger partial charge in [0, 0.05) is 24.8 Å². The largest absolute Gasteiger partial charge is 0.507 e. The van der Waals surface area contributed by atoms with Gasteiger partial charge < -0.3 is 10.0 Å². The van der Waals surface area contributed by atoms with E-state index in [1.807, 2.05) is 6.07 Å². The fraction of sp³-hybridized carbons (Fsp3) is 0.562. The number of carbonyl (C=O) groups excluding carboxylic acids is 1. The zero-order valence-corrected chi connectivity index (χ0v) is 12.2. The number of carbonyl (C=O) groups is 1. The number of rotatable bonds is 2. The molecule has 3 heteroatoms. The molecule has 104 valence electrons. The van der Waals surface area contributed by atoms with Crippen LogP contribution in [0.15, 0.2) is 18.2 Å². The van der Waals surface area contributed by atoms with Gasteiger partial charge in [0.25, 0.3) is 0 Å². The lowest BCUT2D eigenvalue weighted by atomic mass is 9.80. The third kappa shape index (κ3) is 2.91. The Hall–Kier alpha value is -1.51. The van der Waals surface area contributed by atoms with Gasteiger partial charge in [0.05, 0.1) is 5.56 Å². The van der Waals surface area contributed by atoms with Gasteiger partial charge in [-0.25, -0.2) is 0 Å². The molecule has 1 N–H and O–H groups in total. The molecule has 1 aromatic rings. The number of ketones is 1. The maximum atomic E-state index is 11.3. The molecule has 1 aromatic carbocycles. The molecule has 1 unspecified atom stereocenters. The van der Waals surface area contributed by atoms with Crippen LogP contribution in [0.2, 0.25) is 0 Å². The summed E-state index contributed by atoms with van der Waals surface area (Å²) in [6.07, 6.45) is 1.18. The summed E-state index contributed by atoms with van der Waals surface area (Å²) >= 11 is 0. The lowest BCUT2D eigenvalue weighted by molar-refractivity contribution is 0.101. The SMILES string of the molecule is CC(=O)c1ccc(N2CCC(C(C)(C)C)C2)cc1O. The summed E-state index contributed by atoms with van der Waals surface area (Å²) in [5.74, 6) is 0.657. The Labute approximate surface area is 115 Å². The number of benzene rings is 1. The van der Waals surface area contributed by atoms with Crippen LogP contribution in [0.1, 0.15) is 44.5 Å². The minimum absolute atomic E-state index is 0.0872. The van der Waals surface area contributed by atoms with Gasteiger partial charge in [-0.3, -0.25) is 4.79 Å². The van der Waals surface area contributed by atoms with E-state index in [2.05, 4.69) is 25.7 Å². The van der Waals surface area contributed by atoms with Crippen LogP contribution in [0.4, 0.5) is 5.69 Å². The molecule has 19 heavy (non-hydrogen) atoms.